The van der Waals surface area contributed by atoms with Gasteiger partial charge in [0.05, 0.1) is 7.11 Å². The van der Waals surface area contributed by atoms with Crippen molar-refractivity contribution in [2.75, 3.05) is 7.11 Å². The molecule has 1 aliphatic carbocycles. The van der Waals surface area contributed by atoms with Gasteiger partial charge in [-0.1, -0.05) is 48.5 Å². The topological polar surface area (TPSA) is 33.3 Å². The molecule has 2 bridgehead atoms. The van der Waals surface area contributed by atoms with Crippen molar-refractivity contribution in [2.45, 2.75) is 43.9 Å². The number of hydrogen-bond acceptors (Lipinski definition) is 3. The van der Waals surface area contributed by atoms with Gasteiger partial charge in [0.2, 0.25) is 0 Å². The van der Waals surface area contributed by atoms with Gasteiger partial charge in [0.1, 0.15) is 5.75 Å². The summed E-state index contributed by atoms with van der Waals surface area (Å²) in [4.78, 5) is 0. The van der Waals surface area contributed by atoms with E-state index in [4.69, 9.17) is 4.74 Å². The summed E-state index contributed by atoms with van der Waals surface area (Å²) in [6.07, 6.45) is 3.93. The number of benzene rings is 2. The summed E-state index contributed by atoms with van der Waals surface area (Å²) in [6.45, 7) is 0.848. The molecule has 2 N–H and O–H groups in total. The van der Waals surface area contributed by atoms with Crippen LogP contribution >= 0.6 is 0 Å². The fourth-order valence-electron chi connectivity index (χ4n) is 4.45. The fourth-order valence-corrected chi connectivity index (χ4v) is 4.45. The Balaban J connectivity index is 1.54. The van der Waals surface area contributed by atoms with Crippen LogP contribution < -0.4 is 15.4 Å². The molecule has 1 aliphatic heterocycles. The molecule has 1 saturated carbocycles. The average molecular weight is 322 g/mol. The van der Waals surface area contributed by atoms with E-state index in [1.54, 1.807) is 7.11 Å². The van der Waals surface area contributed by atoms with Crippen LogP contribution in [0.25, 0.3) is 0 Å². The molecule has 0 aromatic heterocycles. The maximum absolute atomic E-state index is 5.50. The zero-order valence-corrected chi connectivity index (χ0v) is 14.2. The number of hydrogen-bond donors (Lipinski definition) is 2. The van der Waals surface area contributed by atoms with Gasteiger partial charge in [-0.25, -0.2) is 0 Å². The number of piperidine rings is 1. The van der Waals surface area contributed by atoms with Gasteiger partial charge in [0.25, 0.3) is 0 Å². The lowest BCUT2D eigenvalue weighted by molar-refractivity contribution is 0.224. The number of nitrogens with one attached hydrogen (secondary N) is 2. The van der Waals surface area contributed by atoms with Crippen molar-refractivity contribution in [1.82, 2.24) is 10.6 Å². The molecule has 0 spiro atoms. The average Bonchev–Trinajstić information content (AvgIpc) is 3.04. The van der Waals surface area contributed by atoms with Crippen molar-refractivity contribution in [3.8, 4) is 5.75 Å². The Morgan fingerprint density at radius 1 is 1.04 bits per heavy atom. The van der Waals surface area contributed by atoms with Crippen molar-refractivity contribution in [2.24, 2.45) is 5.92 Å². The van der Waals surface area contributed by atoms with Gasteiger partial charge < -0.3 is 15.4 Å². The van der Waals surface area contributed by atoms with E-state index in [2.05, 4.69) is 53.1 Å². The van der Waals surface area contributed by atoms with E-state index >= 15 is 0 Å². The molecule has 2 aromatic rings. The van der Waals surface area contributed by atoms with Gasteiger partial charge in [-0.15, -0.1) is 0 Å². The lowest BCUT2D eigenvalue weighted by Gasteiger charge is -2.39. The van der Waals surface area contributed by atoms with Crippen molar-refractivity contribution in [3.63, 3.8) is 0 Å². The van der Waals surface area contributed by atoms with Gasteiger partial charge in [-0.05, 0) is 36.8 Å². The quantitative estimate of drug-likeness (QED) is 0.881. The summed E-state index contributed by atoms with van der Waals surface area (Å²) >= 11 is 0. The van der Waals surface area contributed by atoms with E-state index < -0.39 is 0 Å². The molecule has 2 fully saturated rings. The van der Waals surface area contributed by atoms with Gasteiger partial charge in [-0.2, -0.15) is 0 Å². The van der Waals surface area contributed by atoms with Gasteiger partial charge >= 0.3 is 0 Å². The van der Waals surface area contributed by atoms with E-state index in [-0.39, 0.29) is 0 Å². The van der Waals surface area contributed by atoms with E-state index in [9.17, 15) is 0 Å². The molecule has 3 nitrogen and oxygen atoms in total. The molecule has 24 heavy (non-hydrogen) atoms. The first kappa shape index (κ1) is 15.7. The van der Waals surface area contributed by atoms with Crippen molar-refractivity contribution in [3.05, 3.63) is 65.7 Å². The zero-order valence-electron chi connectivity index (χ0n) is 14.2. The summed E-state index contributed by atoms with van der Waals surface area (Å²) in [7, 11) is 1.75. The molecule has 1 heterocycles. The van der Waals surface area contributed by atoms with E-state index in [0.29, 0.717) is 18.1 Å². The summed E-state index contributed by atoms with van der Waals surface area (Å²) in [5.41, 5.74) is 2.62. The monoisotopic (exact) mass is 322 g/mol. The first-order chi connectivity index (χ1) is 11.8. The van der Waals surface area contributed by atoms with Gasteiger partial charge in [-0.3, -0.25) is 0 Å². The largest absolute Gasteiger partial charge is 0.496 e. The summed E-state index contributed by atoms with van der Waals surface area (Å²) in [6, 6.07) is 20.7. The summed E-state index contributed by atoms with van der Waals surface area (Å²) < 4.78 is 5.50. The van der Waals surface area contributed by atoms with Crippen LogP contribution in [0.15, 0.2) is 54.6 Å². The van der Waals surface area contributed by atoms with E-state index in [1.165, 1.54) is 30.4 Å². The highest BCUT2D eigenvalue weighted by Gasteiger charge is 2.41. The molecule has 4 rings (SSSR count). The van der Waals surface area contributed by atoms with Crippen molar-refractivity contribution >= 4 is 0 Å². The van der Waals surface area contributed by atoms with Crippen LogP contribution in [0.2, 0.25) is 0 Å². The minimum absolute atomic E-state index is 0.396. The molecule has 4 atom stereocenters. The Labute approximate surface area is 144 Å². The standard InChI is InChI=1S/C21H26N2O/c1-24-19-10-6-5-9-17(19)14-22-20-16-11-12-18(13-16)23-21(20)15-7-3-2-4-8-15/h2-10,16,18,20-23H,11-14H2,1H3. The lowest BCUT2D eigenvalue weighted by atomic mass is 9.84. The maximum atomic E-state index is 5.50. The molecule has 1 saturated heterocycles. The van der Waals surface area contributed by atoms with Crippen LogP contribution in [0.5, 0.6) is 5.75 Å². The molecular formula is C21H26N2O. The predicted octanol–water partition coefficient (Wildman–Crippen LogP) is 3.67. The SMILES string of the molecule is COc1ccccc1CNC1C2CCC(C2)NC1c1ccccc1. The number of methoxy groups -OCH3 is 1. The molecule has 0 radical (unpaired) electrons. The Bertz CT molecular complexity index is 673. The van der Waals surface area contributed by atoms with Gasteiger partial charge in [0, 0.05) is 30.2 Å². The first-order valence-electron chi connectivity index (χ1n) is 9.01. The minimum Gasteiger partial charge on any atom is -0.496 e. The number of fused-ring (bicyclic) bond motifs is 2. The highest BCUT2D eigenvalue weighted by molar-refractivity contribution is 5.33. The van der Waals surface area contributed by atoms with Gasteiger partial charge in [0.15, 0.2) is 0 Å². The van der Waals surface area contributed by atoms with Crippen molar-refractivity contribution < 1.29 is 4.74 Å². The van der Waals surface area contributed by atoms with E-state index in [0.717, 1.165) is 18.2 Å². The van der Waals surface area contributed by atoms with Crippen LogP contribution in [0.4, 0.5) is 0 Å². The highest BCUT2D eigenvalue weighted by Crippen LogP contribution is 2.40. The van der Waals surface area contributed by atoms with Crippen LogP contribution in [0, 0.1) is 5.92 Å². The zero-order chi connectivity index (χ0) is 16.4. The second-order valence-corrected chi connectivity index (χ2v) is 7.04. The predicted molar refractivity (Wildman–Crippen MR) is 97.1 cm³/mol. The number of para-hydroxylation sites is 1. The Morgan fingerprint density at radius 3 is 2.67 bits per heavy atom. The Morgan fingerprint density at radius 2 is 1.83 bits per heavy atom. The van der Waals surface area contributed by atoms with Crippen LogP contribution in [0.1, 0.15) is 36.4 Å². The Hall–Kier alpha value is -1.84. The third-order valence-electron chi connectivity index (χ3n) is 5.63. The molecule has 2 aromatic carbocycles. The molecule has 0 amide bonds. The second kappa shape index (κ2) is 6.96. The minimum atomic E-state index is 0.396. The third kappa shape index (κ3) is 3.06. The third-order valence-corrected chi connectivity index (χ3v) is 5.63. The number of rotatable bonds is 5. The summed E-state index contributed by atoms with van der Waals surface area (Å²) in [5, 5.41) is 7.73. The van der Waals surface area contributed by atoms with Crippen LogP contribution in [0.3, 0.4) is 0 Å². The normalized spacial score (nSPS) is 28.7. The lowest BCUT2D eigenvalue weighted by Crippen LogP contribution is -2.51. The Kier molecular flexibility index (Phi) is 4.54. The maximum Gasteiger partial charge on any atom is 0.123 e. The molecule has 2 aliphatic rings. The van der Waals surface area contributed by atoms with E-state index in [1.807, 2.05) is 12.1 Å². The van der Waals surface area contributed by atoms with Crippen LogP contribution in [-0.2, 0) is 6.54 Å². The first-order valence-corrected chi connectivity index (χ1v) is 9.01. The fraction of sp³-hybridized carbons (Fsp3) is 0.429. The summed E-state index contributed by atoms with van der Waals surface area (Å²) in [5.74, 6) is 1.73. The number of ether oxygens (including phenoxy) is 1. The molecule has 126 valence electrons. The molecule has 4 unspecified atom stereocenters. The molecular weight excluding hydrogens is 296 g/mol. The smallest absolute Gasteiger partial charge is 0.123 e. The molecule has 3 heteroatoms. The van der Waals surface area contributed by atoms with Crippen molar-refractivity contribution in [1.29, 1.82) is 0 Å². The van der Waals surface area contributed by atoms with Crippen LogP contribution in [-0.4, -0.2) is 19.2 Å². The second-order valence-electron chi connectivity index (χ2n) is 7.04. The highest BCUT2D eigenvalue weighted by atomic mass is 16.5.